The van der Waals surface area contributed by atoms with Crippen LogP contribution in [0.25, 0.3) is 0 Å². The maximum absolute atomic E-state index is 10.8. The standard InChI is InChI=1S/C20H25N7O3/c28-17(29)14-30-16-8-2-1-7-15(16)13-21-25-18-22-19(26-9-3-4-10-26)24-20(23-18)27-11-5-6-12-27/h1-2,7-8,13H,3-6,9-12,14H2,(H,28,29)(H,22,23,24,25)/b21-13+. The minimum atomic E-state index is -1.03. The first-order valence-electron chi connectivity index (χ1n) is 10.2. The van der Waals surface area contributed by atoms with Crippen LogP contribution in [-0.4, -0.2) is 65.0 Å². The van der Waals surface area contributed by atoms with Crippen molar-refractivity contribution in [3.05, 3.63) is 29.8 Å². The molecule has 2 fully saturated rings. The first kappa shape index (κ1) is 19.9. The molecule has 3 heterocycles. The number of carboxylic acid groups (broad SMARTS) is 1. The monoisotopic (exact) mass is 411 g/mol. The van der Waals surface area contributed by atoms with E-state index >= 15 is 0 Å². The zero-order valence-corrected chi connectivity index (χ0v) is 16.7. The number of hydrazone groups is 1. The summed E-state index contributed by atoms with van der Waals surface area (Å²) in [5, 5.41) is 13.1. The van der Waals surface area contributed by atoms with Crippen molar-refractivity contribution in [2.45, 2.75) is 25.7 Å². The normalized spacial score (nSPS) is 16.4. The average molecular weight is 411 g/mol. The fourth-order valence-corrected chi connectivity index (χ4v) is 3.54. The molecule has 10 nitrogen and oxygen atoms in total. The van der Waals surface area contributed by atoms with Gasteiger partial charge in [0.2, 0.25) is 17.8 Å². The van der Waals surface area contributed by atoms with Gasteiger partial charge in [0, 0.05) is 31.7 Å². The van der Waals surface area contributed by atoms with Crippen LogP contribution in [0.2, 0.25) is 0 Å². The molecule has 2 aliphatic rings. The highest BCUT2D eigenvalue weighted by atomic mass is 16.5. The molecule has 2 N–H and O–H groups in total. The predicted octanol–water partition coefficient (Wildman–Crippen LogP) is 1.98. The SMILES string of the molecule is O=C(O)COc1ccccc1/C=N/Nc1nc(N2CCCC2)nc(N2CCCC2)n1. The number of anilines is 3. The summed E-state index contributed by atoms with van der Waals surface area (Å²) in [4.78, 5) is 28.9. The Bertz CT molecular complexity index is 875. The molecule has 0 atom stereocenters. The van der Waals surface area contributed by atoms with E-state index < -0.39 is 12.6 Å². The van der Waals surface area contributed by atoms with E-state index in [1.807, 2.05) is 6.07 Å². The molecule has 0 aliphatic carbocycles. The van der Waals surface area contributed by atoms with Crippen molar-refractivity contribution in [1.82, 2.24) is 15.0 Å². The fourth-order valence-electron chi connectivity index (χ4n) is 3.54. The van der Waals surface area contributed by atoms with Crippen LogP contribution in [0.15, 0.2) is 29.4 Å². The number of hydrogen-bond acceptors (Lipinski definition) is 9. The molecule has 1 aromatic carbocycles. The van der Waals surface area contributed by atoms with Gasteiger partial charge in [-0.25, -0.2) is 10.2 Å². The molecular weight excluding hydrogens is 386 g/mol. The molecule has 2 aromatic rings. The number of aliphatic carboxylic acids is 1. The number of nitrogens with zero attached hydrogens (tertiary/aromatic N) is 6. The number of carbonyl (C=O) groups is 1. The van der Waals surface area contributed by atoms with Gasteiger partial charge in [-0.05, 0) is 37.8 Å². The van der Waals surface area contributed by atoms with Gasteiger partial charge < -0.3 is 19.6 Å². The van der Waals surface area contributed by atoms with Crippen LogP contribution in [0.5, 0.6) is 5.75 Å². The van der Waals surface area contributed by atoms with Crippen molar-refractivity contribution in [1.29, 1.82) is 0 Å². The van der Waals surface area contributed by atoms with Gasteiger partial charge in [-0.1, -0.05) is 12.1 Å². The van der Waals surface area contributed by atoms with E-state index in [0.29, 0.717) is 29.2 Å². The lowest BCUT2D eigenvalue weighted by Gasteiger charge is -2.20. The van der Waals surface area contributed by atoms with Gasteiger partial charge in [0.05, 0.1) is 6.21 Å². The lowest BCUT2D eigenvalue weighted by Crippen LogP contribution is -2.25. The first-order chi connectivity index (χ1) is 14.7. The minimum absolute atomic E-state index is 0.383. The number of rotatable bonds is 8. The van der Waals surface area contributed by atoms with Crippen molar-refractivity contribution in [2.24, 2.45) is 5.10 Å². The van der Waals surface area contributed by atoms with Gasteiger partial charge in [0.1, 0.15) is 5.75 Å². The van der Waals surface area contributed by atoms with Gasteiger partial charge in [0.15, 0.2) is 6.61 Å². The molecule has 10 heteroatoms. The molecule has 0 spiro atoms. The third-order valence-electron chi connectivity index (χ3n) is 5.03. The lowest BCUT2D eigenvalue weighted by molar-refractivity contribution is -0.139. The molecule has 4 rings (SSSR count). The Morgan fingerprint density at radius 3 is 2.23 bits per heavy atom. The second-order valence-corrected chi connectivity index (χ2v) is 7.24. The third kappa shape index (κ3) is 4.94. The van der Waals surface area contributed by atoms with Crippen molar-refractivity contribution in [2.75, 3.05) is 48.0 Å². The van der Waals surface area contributed by atoms with E-state index in [4.69, 9.17) is 9.84 Å². The Morgan fingerprint density at radius 1 is 1.03 bits per heavy atom. The lowest BCUT2D eigenvalue weighted by atomic mass is 10.2. The van der Waals surface area contributed by atoms with Crippen LogP contribution in [0.3, 0.4) is 0 Å². The van der Waals surface area contributed by atoms with Gasteiger partial charge in [-0.3, -0.25) is 0 Å². The number of hydrogen-bond donors (Lipinski definition) is 2. The predicted molar refractivity (Wildman–Crippen MR) is 114 cm³/mol. The Labute approximate surface area is 174 Å². The largest absolute Gasteiger partial charge is 0.481 e. The quantitative estimate of drug-likeness (QED) is 0.497. The fraction of sp³-hybridized carbons (Fsp3) is 0.450. The van der Waals surface area contributed by atoms with E-state index in [2.05, 4.69) is 35.3 Å². The van der Waals surface area contributed by atoms with E-state index in [9.17, 15) is 4.79 Å². The van der Waals surface area contributed by atoms with Gasteiger partial charge >= 0.3 is 5.97 Å². The number of para-hydroxylation sites is 1. The smallest absolute Gasteiger partial charge is 0.341 e. The Hall–Kier alpha value is -3.43. The van der Waals surface area contributed by atoms with Crippen LogP contribution in [0.4, 0.5) is 17.8 Å². The van der Waals surface area contributed by atoms with Crippen LogP contribution in [0, 0.1) is 0 Å². The molecule has 0 saturated carbocycles. The zero-order chi connectivity index (χ0) is 20.8. The van der Waals surface area contributed by atoms with Crippen LogP contribution >= 0.6 is 0 Å². The maximum atomic E-state index is 10.8. The van der Waals surface area contributed by atoms with Gasteiger partial charge in [0.25, 0.3) is 0 Å². The summed E-state index contributed by atoms with van der Waals surface area (Å²) in [5.74, 6) is 1.14. The molecule has 0 unspecified atom stereocenters. The highest BCUT2D eigenvalue weighted by Gasteiger charge is 2.21. The Morgan fingerprint density at radius 2 is 1.63 bits per heavy atom. The summed E-state index contributed by atoms with van der Waals surface area (Å²) in [5.41, 5.74) is 3.55. The Balaban J connectivity index is 1.52. The summed E-state index contributed by atoms with van der Waals surface area (Å²) in [6, 6.07) is 7.10. The molecule has 2 aliphatic heterocycles. The molecule has 0 radical (unpaired) electrons. The first-order valence-corrected chi connectivity index (χ1v) is 10.2. The van der Waals surface area contributed by atoms with Crippen molar-refractivity contribution >= 4 is 30.0 Å². The second kappa shape index (κ2) is 9.38. The van der Waals surface area contributed by atoms with Crippen molar-refractivity contribution < 1.29 is 14.6 Å². The zero-order valence-electron chi connectivity index (χ0n) is 16.7. The molecule has 158 valence electrons. The highest BCUT2D eigenvalue weighted by Crippen LogP contribution is 2.23. The minimum Gasteiger partial charge on any atom is -0.481 e. The van der Waals surface area contributed by atoms with E-state index in [1.54, 1.807) is 24.4 Å². The summed E-state index contributed by atoms with van der Waals surface area (Å²) < 4.78 is 5.30. The number of carboxylic acids is 1. The Kier molecular flexibility index (Phi) is 6.21. The number of nitrogens with one attached hydrogen (secondary N) is 1. The van der Waals surface area contributed by atoms with E-state index in [0.717, 1.165) is 51.9 Å². The van der Waals surface area contributed by atoms with Crippen molar-refractivity contribution in [3.8, 4) is 5.75 Å². The number of ether oxygens (including phenoxy) is 1. The molecule has 2 saturated heterocycles. The summed E-state index contributed by atoms with van der Waals surface area (Å²) in [7, 11) is 0. The average Bonchev–Trinajstić information content (AvgIpc) is 3.47. The molecule has 0 bridgehead atoms. The van der Waals surface area contributed by atoms with Crippen LogP contribution < -0.4 is 20.0 Å². The van der Waals surface area contributed by atoms with E-state index in [1.165, 1.54) is 0 Å². The molecular formula is C20H25N7O3. The van der Waals surface area contributed by atoms with Crippen LogP contribution in [-0.2, 0) is 4.79 Å². The van der Waals surface area contributed by atoms with Gasteiger partial charge in [-0.2, -0.15) is 20.1 Å². The topological polar surface area (TPSA) is 116 Å². The summed E-state index contributed by atoms with van der Waals surface area (Å²) >= 11 is 0. The van der Waals surface area contributed by atoms with Gasteiger partial charge in [-0.15, -0.1) is 0 Å². The van der Waals surface area contributed by atoms with Crippen molar-refractivity contribution in [3.63, 3.8) is 0 Å². The summed E-state index contributed by atoms with van der Waals surface area (Å²) in [6.45, 7) is 3.37. The number of aromatic nitrogens is 3. The molecule has 30 heavy (non-hydrogen) atoms. The maximum Gasteiger partial charge on any atom is 0.341 e. The number of benzene rings is 1. The second-order valence-electron chi connectivity index (χ2n) is 7.24. The van der Waals surface area contributed by atoms with Crippen LogP contribution in [0.1, 0.15) is 31.2 Å². The molecule has 0 amide bonds. The molecule has 1 aromatic heterocycles. The van der Waals surface area contributed by atoms with E-state index in [-0.39, 0.29) is 0 Å². The third-order valence-corrected chi connectivity index (χ3v) is 5.03. The summed E-state index contributed by atoms with van der Waals surface area (Å²) in [6.07, 6.45) is 6.11. The highest BCUT2D eigenvalue weighted by molar-refractivity contribution is 5.84.